The highest BCUT2D eigenvalue weighted by molar-refractivity contribution is 7.99. The molecule has 27 heavy (non-hydrogen) atoms. The summed E-state index contributed by atoms with van der Waals surface area (Å²) in [6.07, 6.45) is 0. The number of benzene rings is 2. The molecule has 1 aromatic heterocycles. The van der Waals surface area contributed by atoms with Crippen LogP contribution in [-0.4, -0.2) is 21.9 Å². The molecule has 0 spiro atoms. The summed E-state index contributed by atoms with van der Waals surface area (Å²) in [6.45, 7) is 6.07. The number of aryl methyl sites for hydroxylation is 2. The van der Waals surface area contributed by atoms with Gasteiger partial charge in [-0.2, -0.15) is 0 Å². The van der Waals surface area contributed by atoms with Crippen LogP contribution >= 0.6 is 23.4 Å². The van der Waals surface area contributed by atoms with Crippen LogP contribution in [0.1, 0.15) is 29.7 Å². The summed E-state index contributed by atoms with van der Waals surface area (Å²) in [5.41, 5.74) is 4.24. The van der Waals surface area contributed by atoms with Crippen molar-refractivity contribution in [3.63, 3.8) is 0 Å². The predicted octanol–water partition coefficient (Wildman–Crippen LogP) is 4.98. The van der Waals surface area contributed by atoms with Crippen molar-refractivity contribution in [3.8, 4) is 11.5 Å². The molecule has 3 rings (SSSR count). The lowest BCUT2D eigenvalue weighted by Crippen LogP contribution is -2.28. The van der Waals surface area contributed by atoms with Crippen LogP contribution in [0.2, 0.25) is 5.02 Å². The molecule has 0 aliphatic heterocycles. The molecule has 5 nitrogen and oxygen atoms in total. The van der Waals surface area contributed by atoms with E-state index in [0.717, 1.165) is 16.7 Å². The van der Waals surface area contributed by atoms with E-state index < -0.39 is 0 Å². The van der Waals surface area contributed by atoms with Gasteiger partial charge in [-0.15, -0.1) is 10.2 Å². The van der Waals surface area contributed by atoms with Crippen LogP contribution < -0.4 is 5.32 Å². The molecule has 140 valence electrons. The molecule has 0 radical (unpaired) electrons. The van der Waals surface area contributed by atoms with Crippen molar-refractivity contribution in [1.29, 1.82) is 0 Å². The Morgan fingerprint density at radius 1 is 1.19 bits per heavy atom. The number of hydrogen-bond acceptors (Lipinski definition) is 5. The number of rotatable bonds is 6. The lowest BCUT2D eigenvalue weighted by molar-refractivity contribution is -0.119. The van der Waals surface area contributed by atoms with E-state index in [1.165, 1.54) is 17.3 Å². The molecule has 1 N–H and O–H groups in total. The summed E-state index contributed by atoms with van der Waals surface area (Å²) < 4.78 is 5.60. The summed E-state index contributed by atoms with van der Waals surface area (Å²) in [4.78, 5) is 12.3. The molecule has 1 heterocycles. The zero-order valence-corrected chi connectivity index (χ0v) is 16.9. The molecule has 0 aliphatic rings. The van der Waals surface area contributed by atoms with Crippen LogP contribution in [-0.2, 0) is 4.79 Å². The second-order valence-electron chi connectivity index (χ2n) is 6.32. The van der Waals surface area contributed by atoms with Crippen LogP contribution in [0.15, 0.2) is 52.1 Å². The smallest absolute Gasteiger partial charge is 0.277 e. The van der Waals surface area contributed by atoms with Crippen molar-refractivity contribution in [2.45, 2.75) is 32.0 Å². The Balaban J connectivity index is 1.56. The van der Waals surface area contributed by atoms with Crippen molar-refractivity contribution in [3.05, 3.63) is 64.2 Å². The maximum absolute atomic E-state index is 12.3. The topological polar surface area (TPSA) is 68.0 Å². The molecular formula is C20H20ClN3O2S. The first kappa shape index (κ1) is 19.5. The molecule has 1 amide bonds. The minimum atomic E-state index is -0.0837. The predicted molar refractivity (Wildman–Crippen MR) is 108 cm³/mol. The highest BCUT2D eigenvalue weighted by Crippen LogP contribution is 2.24. The van der Waals surface area contributed by atoms with Gasteiger partial charge < -0.3 is 9.73 Å². The van der Waals surface area contributed by atoms with Gasteiger partial charge in [0, 0.05) is 10.6 Å². The Kier molecular flexibility index (Phi) is 6.19. The SMILES string of the molecule is Cc1ccc(C)c(C(C)NC(=O)CSc2nnc(-c3ccc(Cl)cc3)o2)c1. The van der Waals surface area contributed by atoms with E-state index in [1.54, 1.807) is 12.1 Å². The fourth-order valence-electron chi connectivity index (χ4n) is 2.69. The highest BCUT2D eigenvalue weighted by Gasteiger charge is 2.14. The summed E-state index contributed by atoms with van der Waals surface area (Å²) in [5, 5.41) is 12.0. The van der Waals surface area contributed by atoms with E-state index in [0.29, 0.717) is 16.1 Å². The maximum Gasteiger partial charge on any atom is 0.277 e. The molecule has 2 aromatic carbocycles. The third-order valence-electron chi connectivity index (χ3n) is 4.10. The van der Waals surface area contributed by atoms with Gasteiger partial charge in [-0.25, -0.2) is 0 Å². The van der Waals surface area contributed by atoms with Gasteiger partial charge in [0.2, 0.25) is 11.8 Å². The van der Waals surface area contributed by atoms with E-state index >= 15 is 0 Å². The molecule has 0 saturated carbocycles. The van der Waals surface area contributed by atoms with E-state index in [1.807, 2.05) is 32.9 Å². The van der Waals surface area contributed by atoms with Crippen LogP contribution in [0.5, 0.6) is 0 Å². The summed E-state index contributed by atoms with van der Waals surface area (Å²) in [6, 6.07) is 13.3. The lowest BCUT2D eigenvalue weighted by atomic mass is 10.00. The largest absolute Gasteiger partial charge is 0.411 e. The molecule has 7 heteroatoms. The molecule has 0 bridgehead atoms. The molecule has 1 atom stereocenters. The standard InChI is InChI=1S/C20H20ClN3O2S/c1-12-4-5-13(2)17(10-12)14(3)22-18(25)11-27-20-24-23-19(26-20)15-6-8-16(21)9-7-15/h4-10,14H,11H2,1-3H3,(H,22,25). The fraction of sp³-hybridized carbons (Fsp3) is 0.250. The van der Waals surface area contributed by atoms with Crippen molar-refractivity contribution < 1.29 is 9.21 Å². The van der Waals surface area contributed by atoms with E-state index in [9.17, 15) is 4.79 Å². The number of thioether (sulfide) groups is 1. The van der Waals surface area contributed by atoms with Gasteiger partial charge in [0.1, 0.15) is 0 Å². The number of hydrogen-bond donors (Lipinski definition) is 1. The normalized spacial score (nSPS) is 12.0. The van der Waals surface area contributed by atoms with Crippen molar-refractivity contribution >= 4 is 29.3 Å². The number of carbonyl (C=O) groups excluding carboxylic acids is 1. The average molecular weight is 402 g/mol. The number of halogens is 1. The zero-order chi connectivity index (χ0) is 19.4. The van der Waals surface area contributed by atoms with Crippen molar-refractivity contribution in [1.82, 2.24) is 15.5 Å². The van der Waals surface area contributed by atoms with Crippen molar-refractivity contribution in [2.24, 2.45) is 0 Å². The molecule has 0 saturated heterocycles. The molecular weight excluding hydrogens is 382 g/mol. The number of nitrogens with zero attached hydrogens (tertiary/aromatic N) is 2. The number of amides is 1. The van der Waals surface area contributed by atoms with Gasteiger partial charge in [-0.05, 0) is 56.2 Å². The fourth-order valence-corrected chi connectivity index (χ4v) is 3.39. The first-order chi connectivity index (χ1) is 12.9. The van der Waals surface area contributed by atoms with Gasteiger partial charge in [-0.1, -0.05) is 47.1 Å². The summed E-state index contributed by atoms with van der Waals surface area (Å²) >= 11 is 7.09. The molecule has 1 unspecified atom stereocenters. The molecule has 0 fully saturated rings. The third-order valence-corrected chi connectivity index (χ3v) is 5.17. The quantitative estimate of drug-likeness (QED) is 0.590. The van der Waals surface area contributed by atoms with Gasteiger partial charge in [0.05, 0.1) is 11.8 Å². The Bertz CT molecular complexity index is 941. The highest BCUT2D eigenvalue weighted by atomic mass is 35.5. The zero-order valence-electron chi connectivity index (χ0n) is 15.3. The van der Waals surface area contributed by atoms with Gasteiger partial charge in [0.25, 0.3) is 5.22 Å². The Labute approximate surface area is 167 Å². The van der Waals surface area contributed by atoms with Crippen LogP contribution in [0, 0.1) is 13.8 Å². The number of carbonyl (C=O) groups is 1. The van der Waals surface area contributed by atoms with E-state index in [-0.39, 0.29) is 17.7 Å². The first-order valence-corrected chi connectivity index (χ1v) is 9.87. The Hall–Kier alpha value is -2.31. The number of nitrogens with one attached hydrogen (secondary N) is 1. The molecule has 0 aliphatic carbocycles. The Morgan fingerprint density at radius 2 is 1.93 bits per heavy atom. The van der Waals surface area contributed by atoms with Crippen LogP contribution in [0.25, 0.3) is 11.5 Å². The molecule has 3 aromatic rings. The van der Waals surface area contributed by atoms with Crippen LogP contribution in [0.3, 0.4) is 0 Å². The second-order valence-corrected chi connectivity index (χ2v) is 7.68. The second kappa shape index (κ2) is 8.59. The third kappa shape index (κ3) is 5.11. The van der Waals surface area contributed by atoms with Crippen molar-refractivity contribution in [2.75, 3.05) is 5.75 Å². The van der Waals surface area contributed by atoms with Crippen LogP contribution in [0.4, 0.5) is 0 Å². The number of aromatic nitrogens is 2. The summed E-state index contributed by atoms with van der Waals surface area (Å²) in [7, 11) is 0. The minimum Gasteiger partial charge on any atom is -0.411 e. The minimum absolute atomic E-state index is 0.0645. The monoisotopic (exact) mass is 401 g/mol. The Morgan fingerprint density at radius 3 is 2.67 bits per heavy atom. The van der Waals surface area contributed by atoms with E-state index in [4.69, 9.17) is 16.0 Å². The average Bonchev–Trinajstić information content (AvgIpc) is 3.11. The van der Waals surface area contributed by atoms with E-state index in [2.05, 4.69) is 33.7 Å². The van der Waals surface area contributed by atoms with Gasteiger partial charge in [0.15, 0.2) is 0 Å². The lowest BCUT2D eigenvalue weighted by Gasteiger charge is -2.17. The summed E-state index contributed by atoms with van der Waals surface area (Å²) in [5.74, 6) is 0.523. The van der Waals surface area contributed by atoms with Gasteiger partial charge in [-0.3, -0.25) is 4.79 Å². The first-order valence-electron chi connectivity index (χ1n) is 8.51. The van der Waals surface area contributed by atoms with Gasteiger partial charge >= 0.3 is 0 Å². The maximum atomic E-state index is 12.3.